The number of esters is 1. The van der Waals surface area contributed by atoms with E-state index in [0.717, 1.165) is 5.69 Å². The molecule has 0 aliphatic rings. The normalized spacial score (nSPS) is 10.8. The minimum atomic E-state index is -0.686. The molecule has 0 bridgehead atoms. The molecule has 0 saturated carbocycles. The second kappa shape index (κ2) is 7.76. The number of hydrogen-bond donors (Lipinski definition) is 0. The predicted molar refractivity (Wildman–Crippen MR) is 106 cm³/mol. The quantitative estimate of drug-likeness (QED) is 0.470. The number of aromatic nitrogens is 4. The van der Waals surface area contributed by atoms with Crippen molar-refractivity contribution in [1.29, 1.82) is 0 Å². The van der Waals surface area contributed by atoms with E-state index in [1.54, 1.807) is 18.3 Å². The van der Waals surface area contributed by atoms with Crippen molar-refractivity contribution < 1.29 is 14.3 Å². The van der Waals surface area contributed by atoms with E-state index in [-0.39, 0.29) is 23.6 Å². The molecule has 0 aliphatic heterocycles. The maximum absolute atomic E-state index is 12.5. The predicted octanol–water partition coefficient (Wildman–Crippen LogP) is 2.90. The molecule has 3 heterocycles. The Bertz CT molecular complexity index is 1250. The molecule has 4 rings (SSSR count). The second-order valence-electron chi connectivity index (χ2n) is 6.06. The highest BCUT2D eigenvalue weighted by Gasteiger charge is 2.20. The summed E-state index contributed by atoms with van der Waals surface area (Å²) in [6.45, 7) is -0.186. The highest BCUT2D eigenvalue weighted by molar-refractivity contribution is 6.30. The second-order valence-corrected chi connectivity index (χ2v) is 6.50. The molecule has 0 radical (unpaired) electrons. The van der Waals surface area contributed by atoms with Gasteiger partial charge in [-0.3, -0.25) is 9.20 Å². The number of methoxy groups -OCH3 is 1. The van der Waals surface area contributed by atoms with Crippen LogP contribution in [0.15, 0.2) is 65.7 Å². The zero-order valence-corrected chi connectivity index (χ0v) is 16.0. The number of carbonyl (C=O) groups is 1. The van der Waals surface area contributed by atoms with Gasteiger partial charge in [-0.2, -0.15) is 5.10 Å². The van der Waals surface area contributed by atoms with Crippen molar-refractivity contribution in [2.24, 2.45) is 0 Å². The van der Waals surface area contributed by atoms with Crippen molar-refractivity contribution in [2.45, 2.75) is 6.61 Å². The molecule has 0 spiro atoms. The minimum absolute atomic E-state index is 0.0284. The molecule has 8 nitrogen and oxygen atoms in total. The molecule has 9 heteroatoms. The number of fused-ring (bicyclic) bond motifs is 1. The summed E-state index contributed by atoms with van der Waals surface area (Å²) in [7, 11) is 1.44. The van der Waals surface area contributed by atoms with Crippen LogP contribution >= 0.6 is 11.6 Å². The molecule has 0 aliphatic carbocycles. The molecule has 3 aromatic heterocycles. The fraction of sp³-hybridized carbons (Fsp3) is 0.100. The van der Waals surface area contributed by atoms with Gasteiger partial charge in [0.2, 0.25) is 5.69 Å². The monoisotopic (exact) mass is 410 g/mol. The summed E-state index contributed by atoms with van der Waals surface area (Å²) in [5, 5.41) is 4.68. The van der Waals surface area contributed by atoms with E-state index in [9.17, 15) is 9.59 Å². The largest absolute Gasteiger partial charge is 0.493 e. The zero-order valence-electron chi connectivity index (χ0n) is 15.3. The highest BCUT2D eigenvalue weighted by atomic mass is 35.5. The number of nitrogens with zero attached hydrogens (tertiary/aromatic N) is 4. The van der Waals surface area contributed by atoms with Crippen LogP contribution in [0.25, 0.3) is 11.3 Å². The SMILES string of the molecule is COc1cn(-c2ccccc2)nc1C(=O)OCc1cc(=O)n2cc(Cl)ccc2n1. The standard InChI is InChI=1S/C20H15ClN4O4/c1-28-16-11-25(15-5-3-2-4-6-15)23-19(16)20(27)29-12-14-9-18(26)24-10-13(21)7-8-17(24)22-14/h2-11H,12H2,1H3. The summed E-state index contributed by atoms with van der Waals surface area (Å²) >= 11 is 5.90. The molecule has 0 N–H and O–H groups in total. The molecule has 0 amide bonds. The zero-order chi connectivity index (χ0) is 20.4. The van der Waals surface area contributed by atoms with Crippen LogP contribution in [0.5, 0.6) is 5.75 Å². The lowest BCUT2D eigenvalue weighted by molar-refractivity contribution is 0.0456. The Kier molecular flexibility index (Phi) is 5.01. The molecule has 29 heavy (non-hydrogen) atoms. The number of hydrogen-bond acceptors (Lipinski definition) is 6. The first-order valence-corrected chi connectivity index (χ1v) is 8.97. The Morgan fingerprint density at radius 2 is 1.93 bits per heavy atom. The molecule has 1 aromatic carbocycles. The summed E-state index contributed by atoms with van der Waals surface area (Å²) in [6, 6.07) is 13.8. The Balaban J connectivity index is 1.56. The Morgan fingerprint density at radius 3 is 2.69 bits per heavy atom. The average molecular weight is 411 g/mol. The van der Waals surface area contributed by atoms with Crippen LogP contribution in [0.2, 0.25) is 5.02 Å². The van der Waals surface area contributed by atoms with Gasteiger partial charge in [-0.1, -0.05) is 29.8 Å². The summed E-state index contributed by atoms with van der Waals surface area (Å²) in [5.41, 5.74) is 1.19. The van der Waals surface area contributed by atoms with E-state index in [1.807, 2.05) is 30.3 Å². The molecule has 0 saturated heterocycles. The number of para-hydroxylation sites is 1. The van der Waals surface area contributed by atoms with Crippen molar-refractivity contribution in [3.8, 4) is 11.4 Å². The lowest BCUT2D eigenvalue weighted by Crippen LogP contribution is -2.17. The fourth-order valence-electron chi connectivity index (χ4n) is 2.77. The number of halogens is 1. The van der Waals surface area contributed by atoms with E-state index in [2.05, 4.69) is 10.1 Å². The van der Waals surface area contributed by atoms with Crippen molar-refractivity contribution in [2.75, 3.05) is 7.11 Å². The Labute approximate surface area is 169 Å². The first kappa shape index (κ1) is 18.7. The smallest absolute Gasteiger partial charge is 0.363 e. The molecular weight excluding hydrogens is 396 g/mol. The van der Waals surface area contributed by atoms with Gasteiger partial charge in [0.25, 0.3) is 5.56 Å². The van der Waals surface area contributed by atoms with Crippen molar-refractivity contribution in [3.63, 3.8) is 0 Å². The Morgan fingerprint density at radius 1 is 1.14 bits per heavy atom. The third-order valence-corrected chi connectivity index (χ3v) is 4.37. The van der Waals surface area contributed by atoms with Crippen molar-refractivity contribution >= 4 is 23.2 Å². The van der Waals surface area contributed by atoms with Gasteiger partial charge in [-0.05, 0) is 24.3 Å². The average Bonchev–Trinajstić information content (AvgIpc) is 3.18. The number of rotatable bonds is 5. The van der Waals surface area contributed by atoms with Gasteiger partial charge in [0.1, 0.15) is 12.3 Å². The number of carbonyl (C=O) groups excluding carboxylic acids is 1. The van der Waals surface area contributed by atoms with E-state index in [0.29, 0.717) is 16.4 Å². The molecule has 4 aromatic rings. The van der Waals surface area contributed by atoms with Gasteiger partial charge >= 0.3 is 5.97 Å². The fourth-order valence-corrected chi connectivity index (χ4v) is 2.93. The van der Waals surface area contributed by atoms with E-state index < -0.39 is 5.97 Å². The molecule has 0 atom stereocenters. The van der Waals surface area contributed by atoms with Crippen LogP contribution in [0.1, 0.15) is 16.2 Å². The van der Waals surface area contributed by atoms with Gasteiger partial charge in [-0.25, -0.2) is 14.5 Å². The topological polar surface area (TPSA) is 87.7 Å². The van der Waals surface area contributed by atoms with Gasteiger partial charge in [0.15, 0.2) is 5.75 Å². The van der Waals surface area contributed by atoms with Crippen LogP contribution in [0.3, 0.4) is 0 Å². The Hall–Kier alpha value is -3.65. The van der Waals surface area contributed by atoms with Gasteiger partial charge < -0.3 is 9.47 Å². The maximum Gasteiger partial charge on any atom is 0.363 e. The first-order valence-electron chi connectivity index (χ1n) is 8.59. The lowest BCUT2D eigenvalue weighted by Gasteiger charge is -2.06. The maximum atomic E-state index is 12.5. The van der Waals surface area contributed by atoms with E-state index in [4.69, 9.17) is 21.1 Å². The molecule has 0 unspecified atom stereocenters. The van der Waals surface area contributed by atoms with Gasteiger partial charge in [0, 0.05) is 12.3 Å². The third kappa shape index (κ3) is 3.83. The van der Waals surface area contributed by atoms with E-state index >= 15 is 0 Å². The summed E-state index contributed by atoms with van der Waals surface area (Å²) in [5.74, 6) is -0.408. The van der Waals surface area contributed by atoms with Crippen molar-refractivity contribution in [3.05, 3.63) is 87.7 Å². The number of benzene rings is 1. The molecule has 146 valence electrons. The summed E-state index contributed by atoms with van der Waals surface area (Å²) in [4.78, 5) is 29.1. The third-order valence-electron chi connectivity index (χ3n) is 4.14. The number of pyridine rings is 1. The molecule has 0 fully saturated rings. The first-order chi connectivity index (χ1) is 14.0. The van der Waals surface area contributed by atoms with Crippen molar-refractivity contribution in [1.82, 2.24) is 19.2 Å². The lowest BCUT2D eigenvalue weighted by atomic mass is 10.3. The van der Waals surface area contributed by atoms with Crippen LogP contribution in [0.4, 0.5) is 0 Å². The minimum Gasteiger partial charge on any atom is -0.493 e. The van der Waals surface area contributed by atoms with Crippen LogP contribution in [-0.2, 0) is 11.3 Å². The van der Waals surface area contributed by atoms with Gasteiger partial charge in [0.05, 0.1) is 29.7 Å². The van der Waals surface area contributed by atoms with E-state index in [1.165, 1.54) is 28.5 Å². The van der Waals surface area contributed by atoms with Gasteiger partial charge in [-0.15, -0.1) is 0 Å². The van der Waals surface area contributed by atoms with Crippen LogP contribution < -0.4 is 10.3 Å². The van der Waals surface area contributed by atoms with Crippen LogP contribution in [0, 0.1) is 0 Å². The molecular formula is C20H15ClN4O4. The summed E-state index contributed by atoms with van der Waals surface area (Å²) in [6.07, 6.45) is 3.07. The highest BCUT2D eigenvalue weighted by Crippen LogP contribution is 2.20. The number of ether oxygens (including phenoxy) is 2. The summed E-state index contributed by atoms with van der Waals surface area (Å²) < 4.78 is 13.4. The van der Waals surface area contributed by atoms with Crippen LogP contribution in [-0.4, -0.2) is 32.2 Å².